The molecule has 1 saturated carbocycles. The number of aromatic nitrogens is 3. The Morgan fingerprint density at radius 2 is 2.14 bits per heavy atom. The molecule has 0 aromatic carbocycles. The molecule has 0 radical (unpaired) electrons. The van der Waals surface area contributed by atoms with Crippen LogP contribution < -0.4 is 5.73 Å². The van der Waals surface area contributed by atoms with Crippen LogP contribution in [0, 0.1) is 6.92 Å². The highest BCUT2D eigenvalue weighted by Gasteiger charge is 2.17. The number of nitrogens with zero attached hydrogens (tertiary/aromatic N) is 3. The minimum atomic E-state index is 0.102. The normalized spacial score (nSPS) is 18.0. The quantitative estimate of drug-likeness (QED) is 0.922. The SMILES string of the molecule is Cc1csc(CC(N)Cc2ccn(C3CCCCC3)n2)n1. The molecule has 1 atom stereocenters. The topological polar surface area (TPSA) is 56.7 Å². The van der Waals surface area contributed by atoms with E-state index in [4.69, 9.17) is 10.8 Å². The van der Waals surface area contributed by atoms with Crippen molar-refractivity contribution in [3.05, 3.63) is 34.0 Å². The van der Waals surface area contributed by atoms with Gasteiger partial charge in [-0.25, -0.2) is 4.98 Å². The van der Waals surface area contributed by atoms with Crippen LogP contribution in [-0.2, 0) is 12.8 Å². The second kappa shape index (κ2) is 6.71. The van der Waals surface area contributed by atoms with Gasteiger partial charge in [0.2, 0.25) is 0 Å². The second-order valence-electron chi connectivity index (χ2n) is 6.13. The van der Waals surface area contributed by atoms with Crippen molar-refractivity contribution in [3.8, 4) is 0 Å². The fraction of sp³-hybridized carbons (Fsp3) is 0.625. The molecule has 0 spiro atoms. The molecule has 2 N–H and O–H groups in total. The van der Waals surface area contributed by atoms with E-state index in [9.17, 15) is 0 Å². The van der Waals surface area contributed by atoms with E-state index in [0.29, 0.717) is 6.04 Å². The summed E-state index contributed by atoms with van der Waals surface area (Å²) in [5.41, 5.74) is 8.45. The Balaban J connectivity index is 1.56. The number of hydrogen-bond donors (Lipinski definition) is 1. The van der Waals surface area contributed by atoms with Crippen LogP contribution in [0.15, 0.2) is 17.6 Å². The van der Waals surface area contributed by atoms with Gasteiger partial charge in [0.15, 0.2) is 0 Å². The maximum absolute atomic E-state index is 6.25. The van der Waals surface area contributed by atoms with E-state index in [1.54, 1.807) is 11.3 Å². The molecule has 21 heavy (non-hydrogen) atoms. The molecule has 1 aliphatic carbocycles. The first-order valence-electron chi connectivity index (χ1n) is 7.91. The molecular weight excluding hydrogens is 280 g/mol. The van der Waals surface area contributed by atoms with Gasteiger partial charge in [-0.1, -0.05) is 19.3 Å². The maximum atomic E-state index is 6.25. The van der Waals surface area contributed by atoms with Gasteiger partial charge >= 0.3 is 0 Å². The van der Waals surface area contributed by atoms with Crippen LogP contribution >= 0.6 is 11.3 Å². The van der Waals surface area contributed by atoms with Crippen molar-refractivity contribution in [2.24, 2.45) is 5.73 Å². The van der Waals surface area contributed by atoms with Crippen molar-refractivity contribution in [2.75, 3.05) is 0 Å². The summed E-state index contributed by atoms with van der Waals surface area (Å²) < 4.78 is 2.16. The molecular formula is C16H24N4S. The standard InChI is InChI=1S/C16H24N4S/c1-12-11-21-16(18-12)10-13(17)9-14-7-8-20(19-14)15-5-3-2-4-6-15/h7-8,11,13,15H,2-6,9-10,17H2,1H3. The molecule has 1 aliphatic rings. The lowest BCUT2D eigenvalue weighted by Gasteiger charge is -2.21. The predicted octanol–water partition coefficient (Wildman–Crippen LogP) is 3.27. The van der Waals surface area contributed by atoms with E-state index in [1.807, 2.05) is 6.92 Å². The highest BCUT2D eigenvalue weighted by molar-refractivity contribution is 7.09. The lowest BCUT2D eigenvalue weighted by atomic mass is 9.96. The maximum Gasteiger partial charge on any atom is 0.0943 e. The molecule has 0 saturated heterocycles. The van der Waals surface area contributed by atoms with Gasteiger partial charge in [-0.15, -0.1) is 11.3 Å². The van der Waals surface area contributed by atoms with Crippen molar-refractivity contribution < 1.29 is 0 Å². The minimum Gasteiger partial charge on any atom is -0.327 e. The molecule has 114 valence electrons. The van der Waals surface area contributed by atoms with E-state index in [0.717, 1.165) is 29.2 Å². The lowest BCUT2D eigenvalue weighted by Crippen LogP contribution is -2.26. The molecule has 4 nitrogen and oxygen atoms in total. The summed E-state index contributed by atoms with van der Waals surface area (Å²) in [6.07, 6.45) is 10.4. The molecule has 1 unspecified atom stereocenters. The van der Waals surface area contributed by atoms with E-state index >= 15 is 0 Å². The van der Waals surface area contributed by atoms with Gasteiger partial charge < -0.3 is 5.73 Å². The summed E-state index contributed by atoms with van der Waals surface area (Å²) >= 11 is 1.70. The van der Waals surface area contributed by atoms with E-state index in [2.05, 4.69) is 27.3 Å². The summed E-state index contributed by atoms with van der Waals surface area (Å²) in [6.45, 7) is 2.03. The Hall–Kier alpha value is -1.20. The van der Waals surface area contributed by atoms with Gasteiger partial charge in [-0.2, -0.15) is 5.10 Å². The molecule has 3 rings (SSSR count). The van der Waals surface area contributed by atoms with Crippen LogP contribution in [0.3, 0.4) is 0 Å². The average molecular weight is 304 g/mol. The third-order valence-electron chi connectivity index (χ3n) is 4.19. The van der Waals surface area contributed by atoms with Gasteiger partial charge in [0.25, 0.3) is 0 Å². The third kappa shape index (κ3) is 3.92. The van der Waals surface area contributed by atoms with Crippen molar-refractivity contribution in [1.29, 1.82) is 0 Å². The first-order chi connectivity index (χ1) is 10.2. The first kappa shape index (κ1) is 14.7. The Morgan fingerprint density at radius 3 is 2.86 bits per heavy atom. The van der Waals surface area contributed by atoms with E-state index in [-0.39, 0.29) is 6.04 Å². The smallest absolute Gasteiger partial charge is 0.0943 e. The summed E-state index contributed by atoms with van der Waals surface area (Å²) in [4.78, 5) is 4.48. The van der Waals surface area contributed by atoms with Crippen LogP contribution in [0.5, 0.6) is 0 Å². The monoisotopic (exact) mass is 304 g/mol. The number of thiazole rings is 1. The fourth-order valence-corrected chi connectivity index (χ4v) is 3.96. The summed E-state index contributed by atoms with van der Waals surface area (Å²) in [5, 5.41) is 7.95. The molecule has 5 heteroatoms. The Kier molecular flexibility index (Phi) is 4.70. The zero-order valence-corrected chi connectivity index (χ0v) is 13.5. The highest BCUT2D eigenvalue weighted by Crippen LogP contribution is 2.27. The van der Waals surface area contributed by atoms with Gasteiger partial charge in [0.1, 0.15) is 0 Å². The first-order valence-corrected chi connectivity index (χ1v) is 8.79. The molecule has 2 aromatic rings. The van der Waals surface area contributed by atoms with Crippen LogP contribution in [-0.4, -0.2) is 20.8 Å². The zero-order chi connectivity index (χ0) is 14.7. The number of nitrogens with two attached hydrogens (primary N) is 1. The van der Waals surface area contributed by atoms with Crippen LogP contribution in [0.25, 0.3) is 0 Å². The molecule has 1 fully saturated rings. The van der Waals surface area contributed by atoms with Gasteiger partial charge in [0, 0.05) is 36.2 Å². The van der Waals surface area contributed by atoms with E-state index in [1.165, 1.54) is 32.1 Å². The van der Waals surface area contributed by atoms with Crippen molar-refractivity contribution >= 4 is 11.3 Å². The van der Waals surface area contributed by atoms with Crippen LogP contribution in [0.1, 0.15) is 54.5 Å². The largest absolute Gasteiger partial charge is 0.327 e. The van der Waals surface area contributed by atoms with Crippen molar-refractivity contribution in [1.82, 2.24) is 14.8 Å². The van der Waals surface area contributed by atoms with Gasteiger partial charge in [-0.3, -0.25) is 4.68 Å². The van der Waals surface area contributed by atoms with Crippen molar-refractivity contribution in [2.45, 2.75) is 64.0 Å². The van der Waals surface area contributed by atoms with Gasteiger partial charge in [0.05, 0.1) is 16.7 Å². The number of aryl methyl sites for hydroxylation is 1. The fourth-order valence-electron chi connectivity index (χ4n) is 3.10. The minimum absolute atomic E-state index is 0.102. The molecule has 2 aromatic heterocycles. The second-order valence-corrected chi connectivity index (χ2v) is 7.07. The summed E-state index contributed by atoms with van der Waals surface area (Å²) in [6, 6.07) is 2.83. The van der Waals surface area contributed by atoms with E-state index < -0.39 is 0 Å². The lowest BCUT2D eigenvalue weighted by molar-refractivity contribution is 0.328. The molecule has 2 heterocycles. The molecule has 0 bridgehead atoms. The Bertz CT molecular complexity index is 568. The summed E-state index contributed by atoms with van der Waals surface area (Å²) in [5.74, 6) is 0. The van der Waals surface area contributed by atoms with Crippen molar-refractivity contribution in [3.63, 3.8) is 0 Å². The number of hydrogen-bond acceptors (Lipinski definition) is 4. The number of rotatable bonds is 5. The summed E-state index contributed by atoms with van der Waals surface area (Å²) in [7, 11) is 0. The Labute approximate surface area is 130 Å². The highest BCUT2D eigenvalue weighted by atomic mass is 32.1. The Morgan fingerprint density at radius 1 is 1.33 bits per heavy atom. The molecule has 0 aliphatic heterocycles. The zero-order valence-electron chi connectivity index (χ0n) is 12.7. The van der Waals surface area contributed by atoms with Crippen LogP contribution in [0.2, 0.25) is 0 Å². The molecule has 0 amide bonds. The van der Waals surface area contributed by atoms with Gasteiger partial charge in [-0.05, 0) is 25.8 Å². The average Bonchev–Trinajstić information content (AvgIpc) is 3.09. The predicted molar refractivity (Wildman–Crippen MR) is 86.6 cm³/mol. The van der Waals surface area contributed by atoms with Crippen LogP contribution in [0.4, 0.5) is 0 Å². The third-order valence-corrected chi connectivity index (χ3v) is 5.18.